The van der Waals surface area contributed by atoms with E-state index in [2.05, 4.69) is 15.2 Å². The number of piperidine rings is 1. The third kappa shape index (κ3) is 3.66. The fraction of sp³-hybridized carbons (Fsp3) is 0.500. The lowest BCUT2D eigenvalue weighted by atomic mass is 10.1. The molecular weight excluding hydrogens is 300 g/mol. The largest absolute Gasteiger partial charge is 0.316 e. The molecule has 1 aliphatic heterocycles. The van der Waals surface area contributed by atoms with Crippen molar-refractivity contribution in [2.75, 3.05) is 20.1 Å². The normalized spacial score (nSPS) is 19.1. The fourth-order valence-electron chi connectivity index (χ4n) is 3.00. The number of likely N-dealkylation sites (N-methyl/N-ethyl adjacent to an activating group) is 1. The minimum Gasteiger partial charge on any atom is -0.316 e. The Morgan fingerprint density at radius 2 is 2.23 bits per heavy atom. The van der Waals surface area contributed by atoms with E-state index in [9.17, 15) is 4.79 Å². The van der Waals surface area contributed by atoms with Gasteiger partial charge in [-0.25, -0.2) is 4.98 Å². The van der Waals surface area contributed by atoms with Crippen LogP contribution in [-0.2, 0) is 6.54 Å². The Balaban J connectivity index is 0.00000176. The highest BCUT2D eigenvalue weighted by Gasteiger charge is 2.19. The lowest BCUT2D eigenvalue weighted by molar-refractivity contribution is 0.186. The predicted octanol–water partition coefficient (Wildman–Crippen LogP) is 1.61. The van der Waals surface area contributed by atoms with Crippen LogP contribution in [0.15, 0.2) is 29.2 Å². The molecule has 1 atom stereocenters. The van der Waals surface area contributed by atoms with Crippen molar-refractivity contribution in [3.05, 3.63) is 46.0 Å². The predicted molar refractivity (Wildman–Crippen MR) is 90.8 cm³/mol. The lowest BCUT2D eigenvalue weighted by Gasteiger charge is -2.32. The first kappa shape index (κ1) is 16.9. The number of nitrogens with one attached hydrogen (secondary N) is 1. The molecule has 0 amide bonds. The molecule has 1 N–H and O–H groups in total. The third-order valence-electron chi connectivity index (χ3n) is 4.16. The molecule has 3 rings (SSSR count). The summed E-state index contributed by atoms with van der Waals surface area (Å²) in [7, 11) is 2.01. The zero-order valence-electron chi connectivity index (χ0n) is 13.1. The Morgan fingerprint density at radius 1 is 1.41 bits per heavy atom. The molecule has 0 radical (unpaired) electrons. The average Bonchev–Trinajstić information content (AvgIpc) is 2.48. The number of hydrogen-bond acceptors (Lipinski definition) is 4. The van der Waals surface area contributed by atoms with Crippen molar-refractivity contribution in [2.24, 2.45) is 0 Å². The Labute approximate surface area is 136 Å². The van der Waals surface area contributed by atoms with E-state index in [1.54, 1.807) is 10.5 Å². The van der Waals surface area contributed by atoms with Crippen molar-refractivity contribution in [3.63, 3.8) is 0 Å². The first-order valence-corrected chi connectivity index (χ1v) is 7.54. The van der Waals surface area contributed by atoms with Crippen molar-refractivity contribution >= 4 is 18.1 Å². The monoisotopic (exact) mass is 322 g/mol. The maximum absolute atomic E-state index is 12.2. The quantitative estimate of drug-likeness (QED) is 0.932. The zero-order chi connectivity index (χ0) is 14.8. The third-order valence-corrected chi connectivity index (χ3v) is 4.16. The van der Waals surface area contributed by atoms with Crippen LogP contribution in [0, 0.1) is 6.92 Å². The van der Waals surface area contributed by atoms with Crippen LogP contribution in [-0.4, -0.2) is 40.5 Å². The lowest BCUT2D eigenvalue weighted by Crippen LogP contribution is -2.44. The summed E-state index contributed by atoms with van der Waals surface area (Å²) in [5.41, 5.74) is 2.65. The second-order valence-electron chi connectivity index (χ2n) is 5.88. The number of fused-ring (bicyclic) bond motifs is 1. The number of nitrogens with zero attached hydrogens (tertiary/aromatic N) is 3. The minimum atomic E-state index is 0. The zero-order valence-corrected chi connectivity index (χ0v) is 13.9. The van der Waals surface area contributed by atoms with Gasteiger partial charge in [0, 0.05) is 31.4 Å². The van der Waals surface area contributed by atoms with Gasteiger partial charge in [-0.3, -0.25) is 14.1 Å². The molecule has 3 heterocycles. The summed E-state index contributed by atoms with van der Waals surface area (Å²) in [5.74, 6) is 0. The van der Waals surface area contributed by atoms with E-state index in [1.807, 2.05) is 32.3 Å². The van der Waals surface area contributed by atoms with Crippen molar-refractivity contribution in [3.8, 4) is 0 Å². The van der Waals surface area contributed by atoms with Crippen LogP contribution in [0.25, 0.3) is 5.65 Å². The molecule has 0 bridgehead atoms. The van der Waals surface area contributed by atoms with Gasteiger partial charge in [0.05, 0.1) is 5.69 Å². The molecule has 120 valence electrons. The van der Waals surface area contributed by atoms with Crippen LogP contribution in [0.5, 0.6) is 0 Å². The topological polar surface area (TPSA) is 49.6 Å². The molecule has 1 aliphatic rings. The van der Waals surface area contributed by atoms with Gasteiger partial charge in [-0.15, -0.1) is 12.4 Å². The maximum Gasteiger partial charge on any atom is 0.258 e. The van der Waals surface area contributed by atoms with E-state index < -0.39 is 0 Å². The van der Waals surface area contributed by atoms with Gasteiger partial charge in [-0.2, -0.15) is 0 Å². The molecule has 1 saturated heterocycles. The second kappa shape index (κ2) is 7.22. The number of likely N-dealkylation sites (tertiary alicyclic amines) is 1. The molecule has 0 spiro atoms. The van der Waals surface area contributed by atoms with Crippen LogP contribution in [0.4, 0.5) is 0 Å². The molecular formula is C16H23ClN4O. The Kier molecular flexibility index (Phi) is 5.56. The van der Waals surface area contributed by atoms with Crippen LogP contribution >= 0.6 is 12.4 Å². The molecule has 0 aromatic carbocycles. The highest BCUT2D eigenvalue weighted by Crippen LogP contribution is 2.12. The second-order valence-corrected chi connectivity index (χ2v) is 5.88. The van der Waals surface area contributed by atoms with E-state index in [-0.39, 0.29) is 18.0 Å². The molecule has 6 heteroatoms. The summed E-state index contributed by atoms with van der Waals surface area (Å²) in [6.45, 7) is 4.82. The van der Waals surface area contributed by atoms with Crippen molar-refractivity contribution in [2.45, 2.75) is 32.4 Å². The maximum atomic E-state index is 12.2. The molecule has 1 fully saturated rings. The van der Waals surface area contributed by atoms with E-state index in [0.717, 1.165) is 36.5 Å². The summed E-state index contributed by atoms with van der Waals surface area (Å²) in [5, 5.41) is 3.34. The van der Waals surface area contributed by atoms with Gasteiger partial charge in [-0.1, -0.05) is 6.07 Å². The van der Waals surface area contributed by atoms with Gasteiger partial charge in [-0.05, 0) is 45.0 Å². The molecule has 2 aromatic heterocycles. The minimum absolute atomic E-state index is 0. The first-order valence-electron chi connectivity index (χ1n) is 7.54. The van der Waals surface area contributed by atoms with E-state index in [1.165, 1.54) is 12.8 Å². The molecule has 22 heavy (non-hydrogen) atoms. The number of halogens is 1. The summed E-state index contributed by atoms with van der Waals surface area (Å²) in [6.07, 6.45) is 4.25. The molecule has 0 saturated carbocycles. The van der Waals surface area contributed by atoms with Crippen molar-refractivity contribution in [1.29, 1.82) is 0 Å². The number of hydrogen-bond donors (Lipinski definition) is 1. The van der Waals surface area contributed by atoms with Gasteiger partial charge in [0.2, 0.25) is 0 Å². The first-order chi connectivity index (χ1) is 10.2. The summed E-state index contributed by atoms with van der Waals surface area (Å²) in [6, 6.07) is 6.11. The number of aromatic nitrogens is 2. The standard InChI is InChI=1S/C16H22N4O.ClH/c1-12-5-6-15-18-14(8-16(21)20(15)9-12)11-19-7-3-4-13(10-19)17-2;/h5-6,8-9,13,17H,3-4,7,10-11H2,1-2H3;1H. The highest BCUT2D eigenvalue weighted by atomic mass is 35.5. The van der Waals surface area contributed by atoms with Gasteiger partial charge in [0.25, 0.3) is 5.56 Å². The van der Waals surface area contributed by atoms with Gasteiger partial charge >= 0.3 is 0 Å². The van der Waals surface area contributed by atoms with Crippen molar-refractivity contribution in [1.82, 2.24) is 19.6 Å². The Morgan fingerprint density at radius 3 is 3.00 bits per heavy atom. The van der Waals surface area contributed by atoms with E-state index >= 15 is 0 Å². The van der Waals surface area contributed by atoms with Crippen LogP contribution in [0.3, 0.4) is 0 Å². The summed E-state index contributed by atoms with van der Waals surface area (Å²) in [4.78, 5) is 19.2. The van der Waals surface area contributed by atoms with Gasteiger partial charge < -0.3 is 5.32 Å². The molecule has 1 unspecified atom stereocenters. The van der Waals surface area contributed by atoms with Crippen LogP contribution in [0.2, 0.25) is 0 Å². The number of aryl methyl sites for hydroxylation is 1. The summed E-state index contributed by atoms with van der Waals surface area (Å²) < 4.78 is 1.62. The number of pyridine rings is 1. The van der Waals surface area contributed by atoms with Crippen LogP contribution in [0.1, 0.15) is 24.1 Å². The smallest absolute Gasteiger partial charge is 0.258 e. The van der Waals surface area contributed by atoms with Crippen molar-refractivity contribution < 1.29 is 0 Å². The molecule has 2 aromatic rings. The molecule has 0 aliphatic carbocycles. The fourth-order valence-corrected chi connectivity index (χ4v) is 3.00. The summed E-state index contributed by atoms with van der Waals surface area (Å²) >= 11 is 0. The average molecular weight is 323 g/mol. The number of rotatable bonds is 3. The van der Waals surface area contributed by atoms with Gasteiger partial charge in [0.1, 0.15) is 5.65 Å². The van der Waals surface area contributed by atoms with E-state index in [0.29, 0.717) is 6.04 Å². The SMILES string of the molecule is CNC1CCCN(Cc2cc(=O)n3cc(C)ccc3n2)C1.Cl. The van der Waals surface area contributed by atoms with Crippen LogP contribution < -0.4 is 10.9 Å². The van der Waals surface area contributed by atoms with Gasteiger partial charge in [0.15, 0.2) is 0 Å². The highest BCUT2D eigenvalue weighted by molar-refractivity contribution is 5.85. The Hall–Kier alpha value is -1.43. The molecule has 5 nitrogen and oxygen atoms in total. The Bertz CT molecular complexity index is 700. The van der Waals surface area contributed by atoms with E-state index in [4.69, 9.17) is 0 Å².